The Bertz CT molecular complexity index is 649. The topological polar surface area (TPSA) is 57.8 Å². The van der Waals surface area contributed by atoms with E-state index < -0.39 is 0 Å². The van der Waals surface area contributed by atoms with Gasteiger partial charge in [0, 0.05) is 10.6 Å². The molecule has 5 heteroatoms. The summed E-state index contributed by atoms with van der Waals surface area (Å²) in [4.78, 5) is 20.4. The van der Waals surface area contributed by atoms with Gasteiger partial charge in [0.25, 0.3) is 5.56 Å². The zero-order chi connectivity index (χ0) is 14.7. The van der Waals surface area contributed by atoms with Crippen LogP contribution >= 0.6 is 11.8 Å². The van der Waals surface area contributed by atoms with Crippen LogP contribution in [0, 0.1) is 13.8 Å². The summed E-state index contributed by atoms with van der Waals surface area (Å²) in [6, 6.07) is 8.07. The second-order valence-electron chi connectivity index (χ2n) is 4.74. The summed E-state index contributed by atoms with van der Waals surface area (Å²) < 4.78 is 0. The zero-order valence-electron chi connectivity index (χ0n) is 12.2. The maximum atomic E-state index is 12.1. The minimum atomic E-state index is -0.0908. The van der Waals surface area contributed by atoms with E-state index in [1.165, 1.54) is 4.90 Å². The smallest absolute Gasteiger partial charge is 0.256 e. The van der Waals surface area contributed by atoms with Gasteiger partial charge in [-0.1, -0.05) is 0 Å². The first-order chi connectivity index (χ1) is 9.51. The quantitative estimate of drug-likeness (QED) is 0.848. The first-order valence-corrected chi connectivity index (χ1v) is 7.71. The van der Waals surface area contributed by atoms with Gasteiger partial charge in [0.15, 0.2) is 0 Å². The summed E-state index contributed by atoms with van der Waals surface area (Å²) in [5.41, 5.74) is 2.38. The van der Waals surface area contributed by atoms with Crippen molar-refractivity contribution in [3.8, 4) is 0 Å². The van der Waals surface area contributed by atoms with Crippen molar-refractivity contribution in [1.82, 2.24) is 9.97 Å². The molecule has 20 heavy (non-hydrogen) atoms. The monoisotopic (exact) mass is 289 g/mol. The summed E-state index contributed by atoms with van der Waals surface area (Å²) >= 11 is 1.71. The van der Waals surface area contributed by atoms with Crippen molar-refractivity contribution in [2.45, 2.75) is 31.7 Å². The Kier molecular flexibility index (Phi) is 4.49. The van der Waals surface area contributed by atoms with Crippen molar-refractivity contribution in [1.29, 1.82) is 0 Å². The molecule has 1 aromatic heterocycles. The Morgan fingerprint density at radius 1 is 1.25 bits per heavy atom. The lowest BCUT2D eigenvalue weighted by molar-refractivity contribution is 0.814. The standard InChI is InChI=1S/C15H19N3OS/c1-9-14(15(19)18-11(3)16-9)10(2)17-12-5-7-13(20-4)8-6-12/h5-8,10,17H,1-4H3,(H,16,18,19). The molecular formula is C15H19N3OS. The van der Waals surface area contributed by atoms with Crippen LogP contribution in [0.4, 0.5) is 5.69 Å². The van der Waals surface area contributed by atoms with Crippen LogP contribution in [-0.4, -0.2) is 16.2 Å². The summed E-state index contributed by atoms with van der Waals surface area (Å²) in [5.74, 6) is 0.646. The molecule has 0 aliphatic heterocycles. The highest BCUT2D eigenvalue weighted by molar-refractivity contribution is 7.98. The number of thioether (sulfide) groups is 1. The van der Waals surface area contributed by atoms with Crippen molar-refractivity contribution < 1.29 is 0 Å². The van der Waals surface area contributed by atoms with E-state index in [-0.39, 0.29) is 11.6 Å². The van der Waals surface area contributed by atoms with Crippen LogP contribution in [0.1, 0.15) is 30.0 Å². The van der Waals surface area contributed by atoms with E-state index in [2.05, 4.69) is 27.4 Å². The number of aryl methyl sites for hydroxylation is 2. The van der Waals surface area contributed by atoms with Crippen molar-refractivity contribution in [2.75, 3.05) is 11.6 Å². The van der Waals surface area contributed by atoms with Crippen molar-refractivity contribution >= 4 is 17.4 Å². The van der Waals surface area contributed by atoms with Crippen molar-refractivity contribution in [3.63, 3.8) is 0 Å². The number of benzene rings is 1. The molecule has 0 saturated carbocycles. The predicted molar refractivity (Wildman–Crippen MR) is 84.6 cm³/mol. The molecule has 0 fully saturated rings. The molecule has 1 aromatic carbocycles. The molecule has 1 atom stereocenters. The molecule has 0 radical (unpaired) electrons. The second-order valence-corrected chi connectivity index (χ2v) is 5.62. The first kappa shape index (κ1) is 14.7. The lowest BCUT2D eigenvalue weighted by Gasteiger charge is -2.17. The molecule has 0 spiro atoms. The lowest BCUT2D eigenvalue weighted by atomic mass is 10.1. The van der Waals surface area contributed by atoms with Gasteiger partial charge in [0.2, 0.25) is 0 Å². The van der Waals surface area contributed by atoms with Crippen LogP contribution in [0.25, 0.3) is 0 Å². The number of H-pyrrole nitrogens is 1. The van der Waals surface area contributed by atoms with E-state index in [4.69, 9.17) is 0 Å². The van der Waals surface area contributed by atoms with Crippen LogP contribution in [0.2, 0.25) is 0 Å². The molecule has 0 bridgehead atoms. The van der Waals surface area contributed by atoms with E-state index in [0.717, 1.165) is 11.4 Å². The van der Waals surface area contributed by atoms with Gasteiger partial charge < -0.3 is 10.3 Å². The number of hydrogen-bond acceptors (Lipinski definition) is 4. The Labute approximate surface area is 123 Å². The number of hydrogen-bond donors (Lipinski definition) is 2. The molecule has 1 unspecified atom stereocenters. The van der Waals surface area contributed by atoms with E-state index in [1.807, 2.05) is 32.2 Å². The molecular weight excluding hydrogens is 270 g/mol. The molecule has 2 rings (SSSR count). The highest BCUT2D eigenvalue weighted by atomic mass is 32.2. The number of rotatable bonds is 4. The van der Waals surface area contributed by atoms with E-state index in [1.54, 1.807) is 18.7 Å². The minimum absolute atomic E-state index is 0.0734. The van der Waals surface area contributed by atoms with Crippen LogP contribution in [-0.2, 0) is 0 Å². The normalized spacial score (nSPS) is 12.2. The third kappa shape index (κ3) is 3.22. The van der Waals surface area contributed by atoms with Gasteiger partial charge >= 0.3 is 0 Å². The lowest BCUT2D eigenvalue weighted by Crippen LogP contribution is -2.23. The van der Waals surface area contributed by atoms with Gasteiger partial charge in [-0.05, 0) is 51.3 Å². The maximum Gasteiger partial charge on any atom is 0.256 e. The largest absolute Gasteiger partial charge is 0.378 e. The van der Waals surface area contributed by atoms with E-state index in [0.29, 0.717) is 11.4 Å². The molecule has 106 valence electrons. The highest BCUT2D eigenvalue weighted by Gasteiger charge is 2.14. The van der Waals surface area contributed by atoms with Gasteiger partial charge in [-0.3, -0.25) is 4.79 Å². The number of anilines is 1. The third-order valence-corrected chi connectivity index (χ3v) is 3.91. The Morgan fingerprint density at radius 3 is 2.45 bits per heavy atom. The SMILES string of the molecule is CSc1ccc(NC(C)c2c(C)nc(C)[nH]c2=O)cc1. The van der Waals surface area contributed by atoms with Gasteiger partial charge in [-0.15, -0.1) is 11.8 Å². The summed E-state index contributed by atoms with van der Waals surface area (Å²) in [6.07, 6.45) is 2.05. The third-order valence-electron chi connectivity index (χ3n) is 3.17. The van der Waals surface area contributed by atoms with Crippen molar-refractivity contribution in [2.24, 2.45) is 0 Å². The van der Waals surface area contributed by atoms with Gasteiger partial charge in [-0.2, -0.15) is 0 Å². The Balaban J connectivity index is 2.23. The van der Waals surface area contributed by atoms with Crippen molar-refractivity contribution in [3.05, 3.63) is 51.7 Å². The molecule has 0 amide bonds. The van der Waals surface area contributed by atoms with Crippen LogP contribution in [0.3, 0.4) is 0 Å². The van der Waals surface area contributed by atoms with Crippen LogP contribution < -0.4 is 10.9 Å². The number of aromatic nitrogens is 2. The summed E-state index contributed by atoms with van der Waals surface area (Å²) in [5, 5.41) is 3.34. The first-order valence-electron chi connectivity index (χ1n) is 6.49. The fraction of sp³-hybridized carbons (Fsp3) is 0.333. The highest BCUT2D eigenvalue weighted by Crippen LogP contribution is 2.21. The summed E-state index contributed by atoms with van der Waals surface area (Å²) in [7, 11) is 0. The molecule has 2 N–H and O–H groups in total. The number of aromatic amines is 1. The fourth-order valence-corrected chi connectivity index (χ4v) is 2.66. The fourth-order valence-electron chi connectivity index (χ4n) is 2.26. The Hall–Kier alpha value is -1.75. The second kappa shape index (κ2) is 6.13. The molecule has 1 heterocycles. The van der Waals surface area contributed by atoms with Gasteiger partial charge in [-0.25, -0.2) is 4.98 Å². The average molecular weight is 289 g/mol. The zero-order valence-corrected chi connectivity index (χ0v) is 13.0. The molecule has 4 nitrogen and oxygen atoms in total. The van der Waals surface area contributed by atoms with Gasteiger partial charge in [0.05, 0.1) is 17.3 Å². The summed E-state index contributed by atoms with van der Waals surface area (Å²) in [6.45, 7) is 5.63. The minimum Gasteiger partial charge on any atom is -0.378 e. The Morgan fingerprint density at radius 2 is 1.90 bits per heavy atom. The van der Waals surface area contributed by atoms with Crippen LogP contribution in [0.5, 0.6) is 0 Å². The predicted octanol–water partition coefficient (Wildman–Crippen LogP) is 3.28. The molecule has 2 aromatic rings. The average Bonchev–Trinajstić information content (AvgIpc) is 2.38. The molecule has 0 aliphatic carbocycles. The van der Waals surface area contributed by atoms with Gasteiger partial charge in [0.1, 0.15) is 5.82 Å². The molecule has 0 aliphatic rings. The maximum absolute atomic E-state index is 12.1. The molecule has 0 saturated heterocycles. The number of nitrogens with one attached hydrogen (secondary N) is 2. The van der Waals surface area contributed by atoms with E-state index >= 15 is 0 Å². The number of nitrogens with zero attached hydrogens (tertiary/aromatic N) is 1. The van der Waals surface area contributed by atoms with Crippen LogP contribution in [0.15, 0.2) is 34.0 Å². The van der Waals surface area contributed by atoms with E-state index in [9.17, 15) is 4.79 Å².